The third-order valence-corrected chi connectivity index (χ3v) is 6.66. The van der Waals surface area contributed by atoms with Gasteiger partial charge in [0.15, 0.2) is 0 Å². The predicted molar refractivity (Wildman–Crippen MR) is 74.8 cm³/mol. The molecule has 1 unspecified atom stereocenters. The summed E-state index contributed by atoms with van der Waals surface area (Å²) in [7, 11) is -3.05. The van der Waals surface area contributed by atoms with Gasteiger partial charge in [-0.3, -0.25) is 0 Å². The molecule has 2 fully saturated rings. The lowest BCUT2D eigenvalue weighted by Crippen LogP contribution is -2.33. The van der Waals surface area contributed by atoms with E-state index in [0.717, 1.165) is 35.7 Å². The third kappa shape index (κ3) is 2.24. The second-order valence-corrected chi connectivity index (χ2v) is 8.15. The molecule has 98 valence electrons. The molecule has 0 radical (unpaired) electrons. The third-order valence-electron chi connectivity index (χ3n) is 3.73. The van der Waals surface area contributed by atoms with Gasteiger partial charge in [0.1, 0.15) is 0 Å². The number of rotatable bonds is 3. The van der Waals surface area contributed by atoms with Crippen LogP contribution in [0.5, 0.6) is 0 Å². The van der Waals surface area contributed by atoms with Gasteiger partial charge in [0.05, 0.1) is 5.25 Å². The molecule has 1 saturated heterocycles. The highest BCUT2D eigenvalue weighted by Gasteiger charge is 2.44. The Morgan fingerprint density at radius 1 is 1.11 bits per heavy atom. The van der Waals surface area contributed by atoms with Gasteiger partial charge < -0.3 is 0 Å². The molecule has 1 aliphatic heterocycles. The van der Waals surface area contributed by atoms with Gasteiger partial charge in [0.25, 0.3) is 0 Å². The molecule has 1 saturated carbocycles. The van der Waals surface area contributed by atoms with Crippen LogP contribution in [0.15, 0.2) is 28.7 Å². The lowest BCUT2D eigenvalue weighted by Gasteiger charge is -2.24. The lowest BCUT2D eigenvalue weighted by molar-refractivity contribution is 0.396. The molecule has 1 aromatic carbocycles. The lowest BCUT2D eigenvalue weighted by atomic mass is 10.1. The molecule has 18 heavy (non-hydrogen) atoms. The van der Waals surface area contributed by atoms with E-state index in [-0.39, 0.29) is 11.3 Å². The summed E-state index contributed by atoms with van der Waals surface area (Å²) in [5.41, 5.74) is 1.11. The van der Waals surface area contributed by atoms with Crippen molar-refractivity contribution in [3.05, 3.63) is 34.3 Å². The van der Waals surface area contributed by atoms with Gasteiger partial charge in [-0.25, -0.2) is 8.42 Å². The summed E-state index contributed by atoms with van der Waals surface area (Å²) >= 11 is 3.41. The number of benzene rings is 1. The Morgan fingerprint density at radius 3 is 2.39 bits per heavy atom. The number of hydrogen-bond donors (Lipinski definition) is 0. The van der Waals surface area contributed by atoms with E-state index in [1.54, 1.807) is 4.31 Å². The minimum atomic E-state index is -3.05. The van der Waals surface area contributed by atoms with Gasteiger partial charge in [-0.2, -0.15) is 4.31 Å². The second-order valence-electron chi connectivity index (χ2n) is 5.06. The smallest absolute Gasteiger partial charge is 0.212 e. The van der Waals surface area contributed by atoms with E-state index in [2.05, 4.69) is 15.9 Å². The monoisotopic (exact) mass is 329 g/mol. The molecule has 0 N–H and O–H groups in total. The number of sulfonamides is 1. The highest BCUT2D eigenvalue weighted by Crippen LogP contribution is 2.40. The molecule has 2 aliphatic rings. The zero-order valence-electron chi connectivity index (χ0n) is 10.0. The van der Waals surface area contributed by atoms with Crippen LogP contribution >= 0.6 is 15.9 Å². The summed E-state index contributed by atoms with van der Waals surface area (Å²) in [5, 5.41) is -0.103. The van der Waals surface area contributed by atoms with Gasteiger partial charge in [0, 0.05) is 17.1 Å². The number of halogens is 1. The Kier molecular flexibility index (Phi) is 3.24. The van der Waals surface area contributed by atoms with E-state index in [1.165, 1.54) is 0 Å². The molecule has 3 nitrogen and oxygen atoms in total. The van der Waals surface area contributed by atoms with Crippen molar-refractivity contribution in [1.82, 2.24) is 4.31 Å². The van der Waals surface area contributed by atoms with Crippen LogP contribution < -0.4 is 0 Å². The van der Waals surface area contributed by atoms with Gasteiger partial charge in [-0.05, 0) is 43.4 Å². The summed E-state index contributed by atoms with van der Waals surface area (Å²) in [6.07, 6.45) is 3.58. The van der Waals surface area contributed by atoms with E-state index in [4.69, 9.17) is 0 Å². The molecular formula is C13H16BrNO2S. The van der Waals surface area contributed by atoms with Gasteiger partial charge >= 0.3 is 0 Å². The van der Waals surface area contributed by atoms with Crippen LogP contribution in [-0.4, -0.2) is 24.5 Å². The van der Waals surface area contributed by atoms with E-state index in [0.29, 0.717) is 6.54 Å². The molecule has 1 aliphatic carbocycles. The fourth-order valence-electron chi connectivity index (χ4n) is 2.62. The number of nitrogens with zero attached hydrogens (tertiary/aromatic N) is 1. The second kappa shape index (κ2) is 4.62. The van der Waals surface area contributed by atoms with Crippen molar-refractivity contribution in [3.8, 4) is 0 Å². The SMILES string of the molecule is O=S(=O)(C1CC1)N1CCCC1c1ccc(Br)cc1. The summed E-state index contributed by atoms with van der Waals surface area (Å²) in [6.45, 7) is 0.680. The molecule has 3 rings (SSSR count). The Bertz CT molecular complexity index is 537. The minimum absolute atomic E-state index is 0.0451. The normalized spacial score (nSPS) is 25.5. The Balaban J connectivity index is 1.89. The van der Waals surface area contributed by atoms with E-state index >= 15 is 0 Å². The average molecular weight is 330 g/mol. The van der Waals surface area contributed by atoms with Crippen molar-refractivity contribution in [2.24, 2.45) is 0 Å². The zero-order chi connectivity index (χ0) is 12.8. The predicted octanol–water partition coefficient (Wildman–Crippen LogP) is 3.08. The fraction of sp³-hybridized carbons (Fsp3) is 0.538. The van der Waals surface area contributed by atoms with E-state index < -0.39 is 10.0 Å². The first-order valence-electron chi connectivity index (χ1n) is 6.35. The fourth-order valence-corrected chi connectivity index (χ4v) is 4.96. The van der Waals surface area contributed by atoms with Crippen LogP contribution in [0.2, 0.25) is 0 Å². The van der Waals surface area contributed by atoms with E-state index in [9.17, 15) is 8.42 Å². The minimum Gasteiger partial charge on any atom is -0.212 e. The molecular weight excluding hydrogens is 314 g/mol. The Hall–Kier alpha value is -0.390. The Labute approximate surface area is 116 Å². The highest BCUT2D eigenvalue weighted by molar-refractivity contribution is 9.10. The highest BCUT2D eigenvalue weighted by atomic mass is 79.9. The first kappa shape index (κ1) is 12.6. The van der Waals surface area contributed by atoms with Gasteiger partial charge in [-0.1, -0.05) is 28.1 Å². The average Bonchev–Trinajstić information content (AvgIpc) is 3.09. The summed E-state index contributed by atoms with van der Waals surface area (Å²) in [5.74, 6) is 0. The quantitative estimate of drug-likeness (QED) is 0.854. The van der Waals surface area contributed by atoms with Crippen LogP contribution in [0.4, 0.5) is 0 Å². The molecule has 0 spiro atoms. The van der Waals surface area contributed by atoms with Crippen LogP contribution in [0, 0.1) is 0 Å². The maximum atomic E-state index is 12.4. The standard InChI is InChI=1S/C13H16BrNO2S/c14-11-5-3-10(4-6-11)13-2-1-9-15(13)18(16,17)12-7-8-12/h3-6,12-13H,1-2,7-9H2. The topological polar surface area (TPSA) is 37.4 Å². The van der Waals surface area contributed by atoms with Gasteiger partial charge in [0.2, 0.25) is 10.0 Å². The van der Waals surface area contributed by atoms with Crippen LogP contribution in [0.25, 0.3) is 0 Å². The maximum Gasteiger partial charge on any atom is 0.217 e. The van der Waals surface area contributed by atoms with Crippen molar-refractivity contribution < 1.29 is 8.42 Å². The molecule has 1 aromatic rings. The molecule has 1 heterocycles. The largest absolute Gasteiger partial charge is 0.217 e. The zero-order valence-corrected chi connectivity index (χ0v) is 12.5. The van der Waals surface area contributed by atoms with Crippen LogP contribution in [0.3, 0.4) is 0 Å². The molecule has 0 bridgehead atoms. The van der Waals surface area contributed by atoms with E-state index in [1.807, 2.05) is 24.3 Å². The van der Waals surface area contributed by atoms with Crippen molar-refractivity contribution in [2.75, 3.05) is 6.54 Å². The van der Waals surface area contributed by atoms with Crippen LogP contribution in [0.1, 0.15) is 37.3 Å². The maximum absolute atomic E-state index is 12.4. The van der Waals surface area contributed by atoms with Crippen LogP contribution in [-0.2, 0) is 10.0 Å². The first-order chi connectivity index (χ1) is 8.59. The molecule has 0 aromatic heterocycles. The van der Waals surface area contributed by atoms with Crippen molar-refractivity contribution >= 4 is 26.0 Å². The molecule has 5 heteroatoms. The Morgan fingerprint density at radius 2 is 1.78 bits per heavy atom. The first-order valence-corrected chi connectivity index (χ1v) is 8.65. The summed E-state index contributed by atoms with van der Waals surface area (Å²) in [6, 6.07) is 8.06. The van der Waals surface area contributed by atoms with Gasteiger partial charge in [-0.15, -0.1) is 0 Å². The number of hydrogen-bond acceptors (Lipinski definition) is 2. The molecule has 0 amide bonds. The molecule has 1 atom stereocenters. The van der Waals surface area contributed by atoms with Crippen molar-refractivity contribution in [3.63, 3.8) is 0 Å². The van der Waals surface area contributed by atoms with Crippen molar-refractivity contribution in [1.29, 1.82) is 0 Å². The summed E-state index contributed by atoms with van der Waals surface area (Å²) < 4.78 is 27.5. The van der Waals surface area contributed by atoms with Crippen molar-refractivity contribution in [2.45, 2.75) is 37.0 Å². The summed E-state index contributed by atoms with van der Waals surface area (Å²) in [4.78, 5) is 0.